The van der Waals surface area contributed by atoms with Crippen LogP contribution in [-0.4, -0.2) is 78.3 Å². The maximum Gasteiger partial charge on any atom is 0.407 e. The van der Waals surface area contributed by atoms with Crippen molar-refractivity contribution in [2.75, 3.05) is 33.6 Å². The largest absolute Gasteiger partial charge is 0.497 e. The zero-order valence-corrected chi connectivity index (χ0v) is 35.4. The van der Waals surface area contributed by atoms with Crippen LogP contribution in [0.25, 0.3) is 11.4 Å². The Balaban J connectivity index is 1.54. The molecule has 16 heteroatoms. The minimum Gasteiger partial charge on any atom is -0.497 e. The van der Waals surface area contributed by atoms with E-state index in [9.17, 15) is 4.79 Å². The van der Waals surface area contributed by atoms with E-state index in [0.29, 0.717) is 50.8 Å². The number of amides is 1. The Hall–Kier alpha value is -4.39. The predicted molar refractivity (Wildman–Crippen MR) is 220 cm³/mol. The second-order valence-corrected chi connectivity index (χ2v) is 17.5. The highest BCUT2D eigenvalue weighted by atomic mass is 127. The molecule has 0 atom stereocenters. The summed E-state index contributed by atoms with van der Waals surface area (Å²) >= 11 is 3.51. The van der Waals surface area contributed by atoms with Gasteiger partial charge in [0.15, 0.2) is 0 Å². The van der Waals surface area contributed by atoms with Crippen molar-refractivity contribution in [3.05, 3.63) is 105 Å². The third kappa shape index (κ3) is 11.6. The number of tetrazole rings is 1. The number of hydrogen-bond donors (Lipinski definition) is 1. The summed E-state index contributed by atoms with van der Waals surface area (Å²) in [6.45, 7) is 6.22. The van der Waals surface area contributed by atoms with Gasteiger partial charge in [0.05, 0.1) is 33.4 Å². The lowest BCUT2D eigenvalue weighted by molar-refractivity contribution is 0.0528. The molecule has 1 N–H and O–H groups in total. The van der Waals surface area contributed by atoms with Gasteiger partial charge >= 0.3 is 6.09 Å². The molecule has 13 nitrogen and oxygen atoms in total. The molecule has 5 aromatic rings. The molecule has 1 amide bonds. The van der Waals surface area contributed by atoms with E-state index in [1.54, 1.807) is 42.1 Å². The fourth-order valence-corrected chi connectivity index (χ4v) is 9.36. The summed E-state index contributed by atoms with van der Waals surface area (Å²) in [5, 5.41) is 16.2. The van der Waals surface area contributed by atoms with Crippen molar-refractivity contribution >= 4 is 50.5 Å². The number of carbonyl (C=O) groups is 1. The van der Waals surface area contributed by atoms with Gasteiger partial charge < -0.3 is 24.3 Å². The fraction of sp³-hybridized carbons (Fsp3) is 0.333. The number of carbonyl (C=O) groups excluding carboxylic acids is 1. The fourth-order valence-electron chi connectivity index (χ4n) is 5.41. The first-order valence-corrected chi connectivity index (χ1v) is 20.9. The number of nitrogens with one attached hydrogen (secondary N) is 1. The van der Waals surface area contributed by atoms with Crippen LogP contribution in [0.4, 0.5) is 4.79 Å². The standard InChI is InChI=1S/C39H45IN6O7S2/c1-39(2,3)53-38(47)41-22-7-23-54-34-21-20-33(40)35(37-42-44-46(43-37)26-29-12-18-32(52-6)19-13-29)36(34)55(48,49)45(24-27-8-14-30(50-4)15-9-27)25-28-10-16-31(51-5)17-11-28/h8-21H,7,22-26H2,1-6H3,(H,41,47). The number of nitrogens with zero attached hydrogens (tertiary/aromatic N) is 5. The number of alkyl carbamates (subject to hydrolysis) is 1. The minimum absolute atomic E-state index is 0.0742. The monoisotopic (exact) mass is 900 g/mol. The van der Waals surface area contributed by atoms with Crippen molar-refractivity contribution in [1.82, 2.24) is 29.8 Å². The molecule has 0 aliphatic carbocycles. The summed E-state index contributed by atoms with van der Waals surface area (Å²) in [5.74, 6) is 2.74. The number of thioether (sulfide) groups is 1. The second kappa shape index (κ2) is 19.0. The van der Waals surface area contributed by atoms with Gasteiger partial charge in [-0.1, -0.05) is 36.4 Å². The second-order valence-electron chi connectivity index (χ2n) is 13.3. The Morgan fingerprint density at radius 2 is 1.35 bits per heavy atom. The maximum absolute atomic E-state index is 15.3. The average molecular weight is 901 g/mol. The van der Waals surface area contributed by atoms with Crippen molar-refractivity contribution < 1.29 is 32.2 Å². The first-order chi connectivity index (χ1) is 26.3. The number of rotatable bonds is 17. The topological polar surface area (TPSA) is 147 Å². The van der Waals surface area contributed by atoms with Gasteiger partial charge in [0.25, 0.3) is 0 Å². The van der Waals surface area contributed by atoms with E-state index in [0.717, 1.165) is 22.4 Å². The van der Waals surface area contributed by atoms with Gasteiger partial charge in [0.1, 0.15) is 27.7 Å². The number of methoxy groups -OCH3 is 3. The number of halogens is 1. The molecule has 0 unspecified atom stereocenters. The third-order valence-corrected chi connectivity index (χ3v) is 12.2. The Kier molecular flexibility index (Phi) is 14.4. The Labute approximate surface area is 340 Å². The number of benzene rings is 4. The lowest BCUT2D eigenvalue weighted by Gasteiger charge is -2.25. The van der Waals surface area contributed by atoms with E-state index < -0.39 is 21.7 Å². The highest BCUT2D eigenvalue weighted by molar-refractivity contribution is 14.1. The van der Waals surface area contributed by atoms with Crippen LogP contribution in [0.15, 0.2) is 94.7 Å². The molecule has 0 spiro atoms. The first-order valence-electron chi connectivity index (χ1n) is 17.4. The molecular weight excluding hydrogens is 856 g/mol. The maximum atomic E-state index is 15.3. The normalized spacial score (nSPS) is 11.7. The molecule has 0 bridgehead atoms. The SMILES string of the molecule is COc1ccc(CN(Cc2ccc(OC)cc2)S(=O)(=O)c2c(SCCCNC(=O)OC(C)(C)C)ccc(I)c2-c2nnn(Cc3ccc(OC)cc3)n2)cc1. The molecule has 0 aliphatic rings. The van der Waals surface area contributed by atoms with Crippen LogP contribution in [0.5, 0.6) is 17.2 Å². The molecule has 0 saturated carbocycles. The van der Waals surface area contributed by atoms with Crippen LogP contribution in [-0.2, 0) is 34.4 Å². The van der Waals surface area contributed by atoms with Crippen molar-refractivity contribution in [2.24, 2.45) is 0 Å². The Bertz CT molecular complexity index is 2090. The summed E-state index contributed by atoms with van der Waals surface area (Å²) in [5.41, 5.74) is 2.20. The van der Waals surface area contributed by atoms with Crippen molar-refractivity contribution in [2.45, 2.75) is 62.2 Å². The molecule has 55 heavy (non-hydrogen) atoms. The molecule has 5 rings (SSSR count). The first kappa shape index (κ1) is 41.8. The summed E-state index contributed by atoms with van der Waals surface area (Å²) in [7, 11) is 0.508. The van der Waals surface area contributed by atoms with Crippen LogP contribution in [0, 0.1) is 3.57 Å². The summed E-state index contributed by atoms with van der Waals surface area (Å²) in [6.07, 6.45) is 0.0522. The van der Waals surface area contributed by atoms with Crippen LogP contribution >= 0.6 is 34.4 Å². The zero-order chi connectivity index (χ0) is 39.6. The van der Waals surface area contributed by atoms with Gasteiger partial charge in [-0.15, -0.1) is 22.0 Å². The third-order valence-electron chi connectivity index (χ3n) is 8.11. The molecule has 1 aromatic heterocycles. The summed E-state index contributed by atoms with van der Waals surface area (Å²) < 4.78 is 54.1. The van der Waals surface area contributed by atoms with Gasteiger partial charge in [-0.25, -0.2) is 13.2 Å². The quantitative estimate of drug-likeness (QED) is 0.0565. The molecule has 292 valence electrons. The number of ether oxygens (including phenoxy) is 4. The molecule has 0 fully saturated rings. The smallest absolute Gasteiger partial charge is 0.407 e. The van der Waals surface area contributed by atoms with E-state index in [-0.39, 0.29) is 23.8 Å². The predicted octanol–water partition coefficient (Wildman–Crippen LogP) is 7.42. The Morgan fingerprint density at radius 1 is 0.818 bits per heavy atom. The molecular formula is C39H45IN6O7S2. The lowest BCUT2D eigenvalue weighted by atomic mass is 10.2. The zero-order valence-electron chi connectivity index (χ0n) is 31.6. The molecule has 1 heterocycles. The van der Waals surface area contributed by atoms with Crippen LogP contribution in [0.2, 0.25) is 0 Å². The van der Waals surface area contributed by atoms with E-state index >= 15 is 8.42 Å². The van der Waals surface area contributed by atoms with Gasteiger partial charge in [0, 0.05) is 28.1 Å². The van der Waals surface area contributed by atoms with Crippen molar-refractivity contribution in [3.8, 4) is 28.6 Å². The van der Waals surface area contributed by atoms with Gasteiger partial charge in [-0.2, -0.15) is 9.10 Å². The molecule has 0 aliphatic heterocycles. The van der Waals surface area contributed by atoms with Crippen molar-refractivity contribution in [1.29, 1.82) is 0 Å². The van der Waals surface area contributed by atoms with E-state index in [4.69, 9.17) is 24.0 Å². The van der Waals surface area contributed by atoms with Gasteiger partial charge in [-0.05, 0) is 126 Å². The Morgan fingerprint density at radius 3 is 1.85 bits per heavy atom. The molecule has 0 saturated heterocycles. The van der Waals surface area contributed by atoms with E-state index in [2.05, 4.69) is 38.2 Å². The lowest BCUT2D eigenvalue weighted by Crippen LogP contribution is -2.33. The summed E-state index contributed by atoms with van der Waals surface area (Å²) in [6, 6.07) is 25.8. The van der Waals surface area contributed by atoms with E-state index in [1.165, 1.54) is 20.9 Å². The van der Waals surface area contributed by atoms with Crippen LogP contribution in [0.3, 0.4) is 0 Å². The highest BCUT2D eigenvalue weighted by Crippen LogP contribution is 2.40. The summed E-state index contributed by atoms with van der Waals surface area (Å²) in [4.78, 5) is 14.3. The molecule has 0 radical (unpaired) electrons. The minimum atomic E-state index is -4.27. The van der Waals surface area contributed by atoms with Crippen molar-refractivity contribution in [3.63, 3.8) is 0 Å². The number of aromatic nitrogens is 4. The number of sulfonamides is 1. The van der Waals surface area contributed by atoms with Gasteiger partial charge in [-0.3, -0.25) is 0 Å². The number of hydrogen-bond acceptors (Lipinski definition) is 11. The van der Waals surface area contributed by atoms with Crippen LogP contribution < -0.4 is 19.5 Å². The van der Waals surface area contributed by atoms with E-state index in [1.807, 2.05) is 84.9 Å². The average Bonchev–Trinajstić information content (AvgIpc) is 3.62. The highest BCUT2D eigenvalue weighted by Gasteiger charge is 2.34. The van der Waals surface area contributed by atoms with Gasteiger partial charge in [0.2, 0.25) is 15.8 Å². The molecule has 4 aromatic carbocycles. The van der Waals surface area contributed by atoms with Crippen LogP contribution in [0.1, 0.15) is 43.9 Å².